The predicted molar refractivity (Wildman–Crippen MR) is 139 cm³/mol. The molecule has 0 spiro atoms. The standard InChI is InChI=1S/C28H30N4O2S/c1-28(27(34)29-20-10-3-2-4-11-20)19-31-23-14-6-5-13-22(23)24(30-15-7-8-16-30)25(31)26(33)32(28)18-21-12-9-17-35-21/h5-9,12-17,20H,2-4,10-11,18-19H2,1H3,(H,29,34)/t28-/m1/s1. The van der Waals surface area contributed by atoms with Gasteiger partial charge in [0.2, 0.25) is 5.91 Å². The Bertz CT molecular complexity index is 1370. The summed E-state index contributed by atoms with van der Waals surface area (Å²) < 4.78 is 4.08. The number of para-hydroxylation sites is 1. The summed E-state index contributed by atoms with van der Waals surface area (Å²) in [6, 6.07) is 16.3. The van der Waals surface area contributed by atoms with Crippen LogP contribution in [-0.4, -0.2) is 37.4 Å². The molecule has 7 heteroatoms. The van der Waals surface area contributed by atoms with Crippen molar-refractivity contribution in [3.8, 4) is 5.69 Å². The lowest BCUT2D eigenvalue weighted by Crippen LogP contribution is -2.64. The van der Waals surface area contributed by atoms with E-state index in [1.54, 1.807) is 16.2 Å². The van der Waals surface area contributed by atoms with E-state index in [1.165, 1.54) is 6.42 Å². The second-order valence-corrected chi connectivity index (χ2v) is 11.0. The van der Waals surface area contributed by atoms with Gasteiger partial charge in [-0.05, 0) is 49.4 Å². The predicted octanol–water partition coefficient (Wildman–Crippen LogP) is 5.36. The van der Waals surface area contributed by atoms with E-state index >= 15 is 0 Å². The first-order valence-corrected chi connectivity index (χ1v) is 13.3. The smallest absolute Gasteiger partial charge is 0.273 e. The Balaban J connectivity index is 1.49. The third kappa shape index (κ3) is 3.69. The highest BCUT2D eigenvalue weighted by molar-refractivity contribution is 7.09. The van der Waals surface area contributed by atoms with Crippen molar-refractivity contribution in [1.82, 2.24) is 19.4 Å². The minimum absolute atomic E-state index is 0.0553. The van der Waals surface area contributed by atoms with Crippen LogP contribution in [0.2, 0.25) is 0 Å². The summed E-state index contributed by atoms with van der Waals surface area (Å²) in [5.41, 5.74) is 1.50. The van der Waals surface area contributed by atoms with Crippen LogP contribution in [0.5, 0.6) is 0 Å². The fourth-order valence-corrected chi connectivity index (χ4v) is 6.44. The molecule has 2 amide bonds. The number of nitrogens with one attached hydrogen (secondary N) is 1. The summed E-state index contributed by atoms with van der Waals surface area (Å²) >= 11 is 1.62. The number of amides is 2. The quantitative estimate of drug-likeness (QED) is 0.413. The van der Waals surface area contributed by atoms with Gasteiger partial charge in [0.25, 0.3) is 5.91 Å². The van der Waals surface area contributed by atoms with Gasteiger partial charge in [0.1, 0.15) is 11.2 Å². The number of thiophene rings is 1. The zero-order chi connectivity index (χ0) is 24.0. The molecule has 1 N–H and O–H groups in total. The van der Waals surface area contributed by atoms with Crippen molar-refractivity contribution < 1.29 is 9.59 Å². The molecule has 0 bridgehead atoms. The van der Waals surface area contributed by atoms with E-state index in [0.29, 0.717) is 18.8 Å². The summed E-state index contributed by atoms with van der Waals surface area (Å²) in [5, 5.41) is 6.36. The number of aromatic nitrogens is 2. The van der Waals surface area contributed by atoms with Crippen molar-refractivity contribution in [2.75, 3.05) is 0 Å². The molecule has 1 fully saturated rings. The Labute approximate surface area is 209 Å². The molecule has 0 radical (unpaired) electrons. The summed E-state index contributed by atoms with van der Waals surface area (Å²) in [7, 11) is 0. The third-order valence-corrected chi connectivity index (χ3v) is 8.50. The Kier molecular flexibility index (Phi) is 5.52. The summed E-state index contributed by atoms with van der Waals surface area (Å²) in [6.07, 6.45) is 9.49. The minimum Gasteiger partial charge on any atom is -0.351 e. The second kappa shape index (κ2) is 8.72. The Morgan fingerprint density at radius 3 is 2.57 bits per heavy atom. The number of rotatable bonds is 5. The lowest BCUT2D eigenvalue weighted by molar-refractivity contribution is -0.134. The van der Waals surface area contributed by atoms with Gasteiger partial charge < -0.3 is 19.4 Å². The molecule has 1 aliphatic carbocycles. The molecule has 1 aliphatic heterocycles. The van der Waals surface area contributed by atoms with Crippen LogP contribution in [0.15, 0.2) is 66.3 Å². The SMILES string of the molecule is C[C@]1(C(=O)NC2CCCCC2)Cn2c(c(-n3cccc3)c3ccccc32)C(=O)N1Cc1cccs1. The van der Waals surface area contributed by atoms with Crippen LogP contribution >= 0.6 is 11.3 Å². The van der Waals surface area contributed by atoms with Crippen LogP contribution in [0.1, 0.15) is 54.4 Å². The van der Waals surface area contributed by atoms with Crippen molar-refractivity contribution >= 4 is 34.1 Å². The summed E-state index contributed by atoms with van der Waals surface area (Å²) in [6.45, 7) is 2.77. The molecule has 3 aromatic heterocycles. The molecule has 0 saturated heterocycles. The molecule has 2 aliphatic rings. The van der Waals surface area contributed by atoms with Gasteiger partial charge in [-0.3, -0.25) is 9.59 Å². The van der Waals surface area contributed by atoms with Crippen molar-refractivity contribution in [3.05, 3.63) is 76.9 Å². The summed E-state index contributed by atoms with van der Waals surface area (Å²) in [4.78, 5) is 31.2. The van der Waals surface area contributed by atoms with Gasteiger partial charge >= 0.3 is 0 Å². The Hall–Kier alpha value is -3.32. The number of carbonyl (C=O) groups is 2. The number of hydrogen-bond donors (Lipinski definition) is 1. The molecule has 180 valence electrons. The topological polar surface area (TPSA) is 59.3 Å². The molecule has 6 rings (SSSR count). The number of benzene rings is 1. The first kappa shape index (κ1) is 22.2. The van der Waals surface area contributed by atoms with E-state index < -0.39 is 5.54 Å². The van der Waals surface area contributed by atoms with Crippen LogP contribution in [0.25, 0.3) is 16.6 Å². The first-order valence-electron chi connectivity index (χ1n) is 12.5. The maximum atomic E-state index is 14.4. The highest BCUT2D eigenvalue weighted by atomic mass is 32.1. The summed E-state index contributed by atoms with van der Waals surface area (Å²) in [5.74, 6) is -0.161. The van der Waals surface area contributed by atoms with Crippen LogP contribution in [0.3, 0.4) is 0 Å². The normalized spacial score (nSPS) is 20.8. The average Bonchev–Trinajstić information content (AvgIpc) is 3.63. The average molecular weight is 487 g/mol. The number of hydrogen-bond acceptors (Lipinski definition) is 3. The zero-order valence-electron chi connectivity index (χ0n) is 19.9. The molecule has 35 heavy (non-hydrogen) atoms. The Morgan fingerprint density at radius 2 is 1.83 bits per heavy atom. The molecule has 1 atom stereocenters. The van der Waals surface area contributed by atoms with Crippen LogP contribution < -0.4 is 5.32 Å². The minimum atomic E-state index is -0.999. The van der Waals surface area contributed by atoms with Gasteiger partial charge in [0, 0.05) is 28.7 Å². The Morgan fingerprint density at radius 1 is 1.06 bits per heavy atom. The second-order valence-electron chi connectivity index (χ2n) is 9.94. The van der Waals surface area contributed by atoms with Gasteiger partial charge in [-0.15, -0.1) is 11.3 Å². The van der Waals surface area contributed by atoms with Gasteiger partial charge in [-0.2, -0.15) is 0 Å². The van der Waals surface area contributed by atoms with Crippen molar-refractivity contribution in [1.29, 1.82) is 0 Å². The van der Waals surface area contributed by atoms with Crippen molar-refractivity contribution in [2.45, 2.75) is 63.7 Å². The van der Waals surface area contributed by atoms with Crippen LogP contribution in [0.4, 0.5) is 0 Å². The highest BCUT2D eigenvalue weighted by Gasteiger charge is 2.49. The van der Waals surface area contributed by atoms with E-state index in [0.717, 1.165) is 47.2 Å². The monoisotopic (exact) mass is 486 g/mol. The van der Waals surface area contributed by atoms with Gasteiger partial charge in [-0.1, -0.05) is 43.5 Å². The molecular weight excluding hydrogens is 456 g/mol. The number of carbonyl (C=O) groups excluding carboxylic acids is 2. The lowest BCUT2D eigenvalue weighted by atomic mass is 9.91. The van der Waals surface area contributed by atoms with E-state index in [4.69, 9.17) is 0 Å². The molecule has 4 heterocycles. The van der Waals surface area contributed by atoms with E-state index in [2.05, 4.69) is 16.0 Å². The van der Waals surface area contributed by atoms with Crippen LogP contribution in [-0.2, 0) is 17.9 Å². The molecule has 0 unspecified atom stereocenters. The number of nitrogens with zero attached hydrogens (tertiary/aromatic N) is 3. The van der Waals surface area contributed by atoms with E-state index in [1.807, 2.05) is 71.7 Å². The maximum Gasteiger partial charge on any atom is 0.273 e. The maximum absolute atomic E-state index is 14.4. The molecule has 1 saturated carbocycles. The van der Waals surface area contributed by atoms with E-state index in [9.17, 15) is 9.59 Å². The van der Waals surface area contributed by atoms with Crippen LogP contribution in [0, 0.1) is 0 Å². The van der Waals surface area contributed by atoms with Crippen molar-refractivity contribution in [2.24, 2.45) is 0 Å². The van der Waals surface area contributed by atoms with Gasteiger partial charge in [0.05, 0.1) is 24.3 Å². The fraction of sp³-hybridized carbons (Fsp3) is 0.357. The molecule has 4 aromatic rings. The molecule has 1 aromatic carbocycles. The van der Waals surface area contributed by atoms with Gasteiger partial charge in [-0.25, -0.2) is 0 Å². The van der Waals surface area contributed by atoms with Gasteiger partial charge in [0.15, 0.2) is 0 Å². The van der Waals surface area contributed by atoms with Crippen molar-refractivity contribution in [3.63, 3.8) is 0 Å². The third-order valence-electron chi connectivity index (χ3n) is 7.64. The lowest BCUT2D eigenvalue weighted by Gasteiger charge is -2.45. The van der Waals surface area contributed by atoms with E-state index in [-0.39, 0.29) is 17.9 Å². The highest BCUT2D eigenvalue weighted by Crippen LogP contribution is 2.39. The molecular formula is C28H30N4O2S. The molecule has 6 nitrogen and oxygen atoms in total. The fourth-order valence-electron chi connectivity index (χ4n) is 5.74. The largest absolute Gasteiger partial charge is 0.351 e. The first-order chi connectivity index (χ1) is 17.1. The zero-order valence-corrected chi connectivity index (χ0v) is 20.8. The number of fused-ring (bicyclic) bond motifs is 3.